The van der Waals surface area contributed by atoms with Gasteiger partial charge >= 0.3 is 11.9 Å². The molecule has 1 fully saturated rings. The minimum absolute atomic E-state index is 0.00000196. The first kappa shape index (κ1) is 24.2. The fraction of sp³-hybridized carbons (Fsp3) is 0.185. The van der Waals surface area contributed by atoms with Gasteiger partial charge in [0.25, 0.3) is 0 Å². The van der Waals surface area contributed by atoms with Gasteiger partial charge in [0.05, 0.1) is 11.5 Å². The summed E-state index contributed by atoms with van der Waals surface area (Å²) in [6.07, 6.45) is -0.00000196. The molecule has 1 saturated heterocycles. The Morgan fingerprint density at radius 2 is 1.69 bits per heavy atom. The largest absolute Gasteiger partial charge is 0.457 e. The van der Waals surface area contributed by atoms with Crippen LogP contribution in [-0.2, 0) is 14.3 Å². The molecule has 1 aliphatic heterocycles. The summed E-state index contributed by atoms with van der Waals surface area (Å²) in [5, 5.41) is 0.535. The number of hydrogen-bond donors (Lipinski definition) is 0. The number of carbonyl (C=O) groups is 4. The van der Waals surface area contributed by atoms with Crippen LogP contribution in [0.15, 0.2) is 72.8 Å². The zero-order chi connectivity index (χ0) is 24.9. The third-order valence-corrected chi connectivity index (χ3v) is 6.07. The van der Waals surface area contributed by atoms with Crippen LogP contribution in [0.2, 0.25) is 5.02 Å². The third kappa shape index (κ3) is 5.75. The molecular formula is C27H22ClNO6. The zero-order valence-electron chi connectivity index (χ0n) is 18.9. The summed E-state index contributed by atoms with van der Waals surface area (Å²) in [6.45, 7) is 1.57. The van der Waals surface area contributed by atoms with E-state index < -0.39 is 30.2 Å². The monoisotopic (exact) mass is 491 g/mol. The van der Waals surface area contributed by atoms with Crippen LogP contribution >= 0.6 is 11.6 Å². The lowest BCUT2D eigenvalue weighted by Gasteiger charge is -2.17. The van der Waals surface area contributed by atoms with E-state index in [0.717, 1.165) is 5.56 Å². The number of halogens is 1. The van der Waals surface area contributed by atoms with Gasteiger partial charge in [0.1, 0.15) is 5.75 Å². The molecule has 7 nitrogen and oxygen atoms in total. The Morgan fingerprint density at radius 1 is 0.971 bits per heavy atom. The van der Waals surface area contributed by atoms with Crippen molar-refractivity contribution in [3.8, 4) is 5.75 Å². The van der Waals surface area contributed by atoms with Gasteiger partial charge < -0.3 is 14.4 Å². The Balaban J connectivity index is 1.29. The molecule has 3 aromatic rings. The maximum atomic E-state index is 12.5. The van der Waals surface area contributed by atoms with Crippen molar-refractivity contribution in [2.24, 2.45) is 5.92 Å². The number of rotatable bonds is 7. The number of Topliss-reactive ketones (excluding diaryl/α,β-unsaturated/α-hetero) is 1. The van der Waals surface area contributed by atoms with Gasteiger partial charge in [-0.05, 0) is 61.0 Å². The highest BCUT2D eigenvalue weighted by Crippen LogP contribution is 2.29. The number of amides is 1. The number of nitrogens with zero attached hydrogens (tertiary/aromatic N) is 1. The van der Waals surface area contributed by atoms with E-state index in [9.17, 15) is 19.2 Å². The second-order valence-electron chi connectivity index (χ2n) is 8.15. The molecule has 1 amide bonds. The number of carbonyl (C=O) groups excluding carboxylic acids is 4. The van der Waals surface area contributed by atoms with Crippen molar-refractivity contribution < 1.29 is 28.7 Å². The van der Waals surface area contributed by atoms with Crippen LogP contribution in [0.3, 0.4) is 0 Å². The van der Waals surface area contributed by atoms with Crippen LogP contribution in [0.4, 0.5) is 5.69 Å². The summed E-state index contributed by atoms with van der Waals surface area (Å²) in [6, 6.07) is 19.8. The molecular weight excluding hydrogens is 470 g/mol. The van der Waals surface area contributed by atoms with E-state index in [1.165, 1.54) is 29.2 Å². The maximum Gasteiger partial charge on any atom is 0.343 e. The summed E-state index contributed by atoms with van der Waals surface area (Å²) in [7, 11) is 0. The van der Waals surface area contributed by atoms with Gasteiger partial charge in [-0.15, -0.1) is 0 Å². The molecule has 0 N–H and O–H groups in total. The highest BCUT2D eigenvalue weighted by Gasteiger charge is 2.36. The SMILES string of the molecule is Cc1ccc(N2C[C@@H](C(=O)OCC(=O)c3ccc(OC(=O)c4ccccc4)cc3)CC2=O)cc1Cl. The molecule has 4 rings (SSSR count). The van der Waals surface area contributed by atoms with E-state index in [0.29, 0.717) is 21.8 Å². The normalized spacial score (nSPS) is 15.1. The first-order chi connectivity index (χ1) is 16.8. The molecule has 1 atom stereocenters. The number of anilines is 1. The molecule has 0 radical (unpaired) electrons. The minimum atomic E-state index is -0.671. The second kappa shape index (κ2) is 10.5. The van der Waals surface area contributed by atoms with Crippen molar-refractivity contribution in [3.05, 3.63) is 94.5 Å². The summed E-state index contributed by atoms with van der Waals surface area (Å²) in [5.74, 6) is -2.12. The van der Waals surface area contributed by atoms with E-state index in [-0.39, 0.29) is 24.6 Å². The molecule has 0 spiro atoms. The molecule has 1 aliphatic rings. The van der Waals surface area contributed by atoms with Crippen LogP contribution in [0, 0.1) is 12.8 Å². The number of ketones is 1. The Bertz CT molecular complexity index is 1270. The van der Waals surface area contributed by atoms with Crippen molar-refractivity contribution in [1.29, 1.82) is 0 Å². The average Bonchev–Trinajstić information content (AvgIpc) is 3.26. The highest BCUT2D eigenvalue weighted by molar-refractivity contribution is 6.31. The quantitative estimate of drug-likeness (QED) is 0.271. The van der Waals surface area contributed by atoms with Crippen LogP contribution in [-0.4, -0.2) is 36.8 Å². The lowest BCUT2D eigenvalue weighted by Crippen LogP contribution is -2.27. The molecule has 0 aliphatic carbocycles. The number of hydrogen-bond acceptors (Lipinski definition) is 6. The van der Waals surface area contributed by atoms with Crippen LogP contribution in [0.5, 0.6) is 5.75 Å². The summed E-state index contributed by atoms with van der Waals surface area (Å²) in [5.41, 5.74) is 2.22. The van der Waals surface area contributed by atoms with Gasteiger partial charge in [-0.2, -0.15) is 0 Å². The topological polar surface area (TPSA) is 90.0 Å². The standard InChI is InChI=1S/C27H22ClNO6/c1-17-7-10-21(14-23(17)28)29-15-20(13-25(29)31)26(32)34-16-24(30)18-8-11-22(12-9-18)35-27(33)19-5-3-2-4-6-19/h2-12,14,20H,13,15-16H2,1H3/t20-/m0/s1. The second-order valence-corrected chi connectivity index (χ2v) is 8.56. The fourth-order valence-electron chi connectivity index (χ4n) is 3.65. The molecule has 178 valence electrons. The molecule has 0 aromatic heterocycles. The number of aryl methyl sites for hydroxylation is 1. The van der Waals surface area contributed by atoms with Crippen LogP contribution < -0.4 is 9.64 Å². The maximum absolute atomic E-state index is 12.5. The van der Waals surface area contributed by atoms with Gasteiger partial charge in [0, 0.05) is 29.2 Å². The molecule has 8 heteroatoms. The third-order valence-electron chi connectivity index (χ3n) is 5.67. The van der Waals surface area contributed by atoms with Crippen molar-refractivity contribution >= 4 is 40.9 Å². The predicted octanol–water partition coefficient (Wildman–Crippen LogP) is 4.65. The van der Waals surface area contributed by atoms with Crippen LogP contribution in [0.25, 0.3) is 0 Å². The zero-order valence-corrected chi connectivity index (χ0v) is 19.7. The van der Waals surface area contributed by atoms with Gasteiger partial charge in [-0.25, -0.2) is 4.79 Å². The van der Waals surface area contributed by atoms with Crippen LogP contribution in [0.1, 0.15) is 32.7 Å². The van der Waals surface area contributed by atoms with Crippen molar-refractivity contribution in [2.45, 2.75) is 13.3 Å². The van der Waals surface area contributed by atoms with Gasteiger partial charge in [-0.3, -0.25) is 14.4 Å². The Labute approximate surface area is 207 Å². The number of ether oxygens (including phenoxy) is 2. The van der Waals surface area contributed by atoms with E-state index in [1.54, 1.807) is 42.5 Å². The first-order valence-corrected chi connectivity index (χ1v) is 11.3. The van der Waals surface area contributed by atoms with Crippen molar-refractivity contribution in [2.75, 3.05) is 18.1 Å². The lowest BCUT2D eigenvalue weighted by molar-refractivity contribution is -0.147. The lowest BCUT2D eigenvalue weighted by atomic mass is 10.1. The molecule has 0 unspecified atom stereocenters. The highest BCUT2D eigenvalue weighted by atomic mass is 35.5. The van der Waals surface area contributed by atoms with E-state index in [1.807, 2.05) is 13.0 Å². The summed E-state index contributed by atoms with van der Waals surface area (Å²) < 4.78 is 10.5. The fourth-order valence-corrected chi connectivity index (χ4v) is 3.83. The summed E-state index contributed by atoms with van der Waals surface area (Å²) in [4.78, 5) is 51.0. The average molecular weight is 492 g/mol. The molecule has 1 heterocycles. The Hall–Kier alpha value is -3.97. The molecule has 0 saturated carbocycles. The Morgan fingerprint density at radius 3 is 2.37 bits per heavy atom. The predicted molar refractivity (Wildman–Crippen MR) is 130 cm³/mol. The summed E-state index contributed by atoms with van der Waals surface area (Å²) >= 11 is 6.15. The number of esters is 2. The molecule has 0 bridgehead atoms. The smallest absolute Gasteiger partial charge is 0.343 e. The Kier molecular flexibility index (Phi) is 7.27. The molecule has 35 heavy (non-hydrogen) atoms. The van der Waals surface area contributed by atoms with Gasteiger partial charge in [-0.1, -0.05) is 35.9 Å². The van der Waals surface area contributed by atoms with Gasteiger partial charge in [0.2, 0.25) is 5.91 Å². The van der Waals surface area contributed by atoms with E-state index in [4.69, 9.17) is 21.1 Å². The number of benzene rings is 3. The van der Waals surface area contributed by atoms with Crippen molar-refractivity contribution in [3.63, 3.8) is 0 Å². The molecule has 3 aromatic carbocycles. The van der Waals surface area contributed by atoms with Crippen molar-refractivity contribution in [1.82, 2.24) is 0 Å². The van der Waals surface area contributed by atoms with Gasteiger partial charge in [0.15, 0.2) is 12.4 Å². The minimum Gasteiger partial charge on any atom is -0.457 e. The van der Waals surface area contributed by atoms with E-state index >= 15 is 0 Å². The first-order valence-electron chi connectivity index (χ1n) is 11.0. The van der Waals surface area contributed by atoms with E-state index in [2.05, 4.69) is 0 Å².